The Morgan fingerprint density at radius 3 is 1.93 bits per heavy atom. The lowest BCUT2D eigenvalue weighted by Crippen LogP contribution is -2.01. The maximum Gasteiger partial charge on any atom is 0.236 e. The van der Waals surface area contributed by atoms with Crippen LogP contribution in [0.15, 0.2) is 12.1 Å². The van der Waals surface area contributed by atoms with Crippen LogP contribution in [0.5, 0.6) is 0 Å². The zero-order valence-corrected chi connectivity index (χ0v) is 10.0. The molecule has 0 bridgehead atoms. The Balaban J connectivity index is 3.22. The van der Waals surface area contributed by atoms with E-state index in [0.29, 0.717) is 0 Å². The summed E-state index contributed by atoms with van der Waals surface area (Å²) in [6, 6.07) is 3.93. The van der Waals surface area contributed by atoms with Crippen LogP contribution in [0.3, 0.4) is 0 Å². The van der Waals surface area contributed by atoms with Crippen LogP contribution in [-0.2, 0) is 14.8 Å². The summed E-state index contributed by atoms with van der Waals surface area (Å²) in [6.07, 6.45) is 0. The Kier molecular flexibility index (Phi) is 3.22. The van der Waals surface area contributed by atoms with Crippen LogP contribution in [0.1, 0.15) is 22.3 Å². The molecule has 0 aliphatic rings. The Labute approximate surface area is 89.3 Å². The highest BCUT2D eigenvalue weighted by Crippen LogP contribution is 2.20. The topological polar surface area (TPSA) is 34.1 Å². The van der Waals surface area contributed by atoms with Crippen molar-refractivity contribution >= 4 is 19.7 Å². The van der Waals surface area contributed by atoms with Crippen molar-refractivity contribution in [3.63, 3.8) is 0 Å². The second kappa shape index (κ2) is 3.91. The highest BCUT2D eigenvalue weighted by atomic mass is 35.7. The molecule has 0 aliphatic heterocycles. The molecule has 0 amide bonds. The summed E-state index contributed by atoms with van der Waals surface area (Å²) in [5.74, 6) is -0.0908. The van der Waals surface area contributed by atoms with Gasteiger partial charge in [0.1, 0.15) is 0 Å². The average Bonchev–Trinajstić information content (AvgIpc) is 1.95. The van der Waals surface area contributed by atoms with E-state index in [1.54, 1.807) is 0 Å². The standard InChI is InChI=1S/C10H13ClO2S/c1-7-4-8(2)10(9(3)5-7)6-14(11,12)13/h4-5H,6H2,1-3H3. The quantitative estimate of drug-likeness (QED) is 0.735. The van der Waals surface area contributed by atoms with Crippen LogP contribution >= 0.6 is 10.7 Å². The molecule has 4 heteroatoms. The van der Waals surface area contributed by atoms with Gasteiger partial charge in [0.15, 0.2) is 0 Å². The fourth-order valence-electron chi connectivity index (χ4n) is 1.61. The minimum atomic E-state index is -3.46. The molecule has 1 aromatic carbocycles. The first kappa shape index (κ1) is 11.5. The predicted molar refractivity (Wildman–Crippen MR) is 59.1 cm³/mol. The molecule has 0 N–H and O–H groups in total. The van der Waals surface area contributed by atoms with Crippen molar-refractivity contribution in [3.8, 4) is 0 Å². The van der Waals surface area contributed by atoms with Gasteiger partial charge < -0.3 is 0 Å². The number of benzene rings is 1. The van der Waals surface area contributed by atoms with Crippen molar-refractivity contribution in [1.82, 2.24) is 0 Å². The van der Waals surface area contributed by atoms with Gasteiger partial charge in [0.25, 0.3) is 0 Å². The van der Waals surface area contributed by atoms with Gasteiger partial charge in [-0.3, -0.25) is 0 Å². The SMILES string of the molecule is Cc1cc(C)c(CS(=O)(=O)Cl)c(C)c1. The van der Waals surface area contributed by atoms with Crippen LogP contribution in [-0.4, -0.2) is 8.42 Å². The first-order valence-corrected chi connectivity index (χ1v) is 6.76. The van der Waals surface area contributed by atoms with Crippen LogP contribution in [0.4, 0.5) is 0 Å². The lowest BCUT2D eigenvalue weighted by atomic mass is 10.0. The summed E-state index contributed by atoms with van der Waals surface area (Å²) in [7, 11) is 1.76. The predicted octanol–water partition coefficient (Wildman–Crippen LogP) is 2.68. The molecule has 0 saturated heterocycles. The molecule has 0 aromatic heterocycles. The zero-order valence-electron chi connectivity index (χ0n) is 8.46. The highest BCUT2D eigenvalue weighted by molar-refractivity contribution is 8.13. The molecular weight excluding hydrogens is 220 g/mol. The van der Waals surface area contributed by atoms with E-state index in [0.717, 1.165) is 22.3 Å². The van der Waals surface area contributed by atoms with Crippen molar-refractivity contribution in [3.05, 3.63) is 34.4 Å². The minimum absolute atomic E-state index is 0.0908. The number of halogens is 1. The third kappa shape index (κ3) is 3.00. The molecule has 0 atom stereocenters. The van der Waals surface area contributed by atoms with Gasteiger partial charge in [0, 0.05) is 10.7 Å². The van der Waals surface area contributed by atoms with E-state index in [1.165, 1.54) is 0 Å². The fraction of sp³-hybridized carbons (Fsp3) is 0.400. The Morgan fingerprint density at radius 2 is 1.57 bits per heavy atom. The molecule has 14 heavy (non-hydrogen) atoms. The Bertz CT molecular complexity index is 426. The number of rotatable bonds is 2. The number of aryl methyl sites for hydroxylation is 3. The highest BCUT2D eigenvalue weighted by Gasteiger charge is 2.11. The molecule has 1 aromatic rings. The smallest absolute Gasteiger partial charge is 0.212 e. The lowest BCUT2D eigenvalue weighted by molar-refractivity contribution is 0.608. The Hall–Kier alpha value is -0.540. The molecule has 78 valence electrons. The molecule has 0 spiro atoms. The summed E-state index contributed by atoms with van der Waals surface area (Å²) in [4.78, 5) is 0. The summed E-state index contributed by atoms with van der Waals surface area (Å²) < 4.78 is 21.9. The third-order valence-electron chi connectivity index (χ3n) is 2.16. The van der Waals surface area contributed by atoms with Gasteiger partial charge in [-0.1, -0.05) is 17.7 Å². The van der Waals surface area contributed by atoms with Crippen molar-refractivity contribution in [2.24, 2.45) is 0 Å². The maximum atomic E-state index is 11.0. The summed E-state index contributed by atoms with van der Waals surface area (Å²) >= 11 is 0. The Morgan fingerprint density at radius 1 is 1.14 bits per heavy atom. The van der Waals surface area contributed by atoms with Crippen molar-refractivity contribution in [2.75, 3.05) is 0 Å². The molecule has 0 unspecified atom stereocenters. The van der Waals surface area contributed by atoms with E-state index in [9.17, 15) is 8.42 Å². The fourth-order valence-corrected chi connectivity index (χ4v) is 2.74. The van der Waals surface area contributed by atoms with Gasteiger partial charge in [-0.15, -0.1) is 0 Å². The van der Waals surface area contributed by atoms with Gasteiger partial charge in [0.05, 0.1) is 5.75 Å². The summed E-state index contributed by atoms with van der Waals surface area (Å²) in [6.45, 7) is 5.79. The molecule has 0 aliphatic carbocycles. The van der Waals surface area contributed by atoms with Crippen molar-refractivity contribution in [2.45, 2.75) is 26.5 Å². The third-order valence-corrected chi connectivity index (χ3v) is 3.12. The molecule has 0 radical (unpaired) electrons. The summed E-state index contributed by atoms with van der Waals surface area (Å²) in [5.41, 5.74) is 3.90. The molecule has 0 saturated carbocycles. The largest absolute Gasteiger partial charge is 0.236 e. The van der Waals surface area contributed by atoms with E-state index in [2.05, 4.69) is 0 Å². The minimum Gasteiger partial charge on any atom is -0.212 e. The number of hydrogen-bond acceptors (Lipinski definition) is 2. The van der Waals surface area contributed by atoms with Gasteiger partial charge in [-0.2, -0.15) is 0 Å². The number of hydrogen-bond donors (Lipinski definition) is 0. The maximum absolute atomic E-state index is 11.0. The molecule has 0 fully saturated rings. The van der Waals surface area contributed by atoms with Crippen LogP contribution in [0.25, 0.3) is 0 Å². The van der Waals surface area contributed by atoms with Crippen molar-refractivity contribution in [1.29, 1.82) is 0 Å². The average molecular weight is 233 g/mol. The first-order chi connectivity index (χ1) is 6.29. The molecule has 1 rings (SSSR count). The zero-order chi connectivity index (χ0) is 10.9. The van der Waals surface area contributed by atoms with E-state index >= 15 is 0 Å². The lowest BCUT2D eigenvalue weighted by Gasteiger charge is -2.09. The molecule has 0 heterocycles. The first-order valence-electron chi connectivity index (χ1n) is 4.28. The van der Waals surface area contributed by atoms with Crippen molar-refractivity contribution < 1.29 is 8.42 Å². The van der Waals surface area contributed by atoms with Gasteiger partial charge in [-0.05, 0) is 37.5 Å². The van der Waals surface area contributed by atoms with Gasteiger partial charge >= 0.3 is 0 Å². The van der Waals surface area contributed by atoms with E-state index in [4.69, 9.17) is 10.7 Å². The summed E-state index contributed by atoms with van der Waals surface area (Å²) in [5, 5.41) is 0. The normalized spacial score (nSPS) is 11.7. The van der Waals surface area contributed by atoms with Crippen LogP contribution < -0.4 is 0 Å². The molecular formula is C10H13ClO2S. The van der Waals surface area contributed by atoms with E-state index in [-0.39, 0.29) is 5.75 Å². The van der Waals surface area contributed by atoms with Gasteiger partial charge in [0.2, 0.25) is 9.05 Å². The second-order valence-electron chi connectivity index (χ2n) is 3.56. The monoisotopic (exact) mass is 232 g/mol. The second-order valence-corrected chi connectivity index (χ2v) is 6.34. The van der Waals surface area contributed by atoms with E-state index in [1.807, 2.05) is 32.9 Å². The molecule has 2 nitrogen and oxygen atoms in total. The van der Waals surface area contributed by atoms with Crippen LogP contribution in [0.2, 0.25) is 0 Å². The van der Waals surface area contributed by atoms with Gasteiger partial charge in [-0.25, -0.2) is 8.42 Å². The van der Waals surface area contributed by atoms with Crippen LogP contribution in [0, 0.1) is 20.8 Å². The van der Waals surface area contributed by atoms with E-state index < -0.39 is 9.05 Å².